The molecule has 0 aromatic rings. The van der Waals surface area contributed by atoms with Gasteiger partial charge in [-0.15, -0.1) is 6.58 Å². The molecule has 0 bridgehead atoms. The first kappa shape index (κ1) is 21.9. The molecular formula is C17H34N4O3S. The zero-order valence-electron chi connectivity index (χ0n) is 15.7. The van der Waals surface area contributed by atoms with Gasteiger partial charge in [-0.25, -0.2) is 13.1 Å². The predicted molar refractivity (Wildman–Crippen MR) is 103 cm³/mol. The fourth-order valence-electron chi connectivity index (χ4n) is 2.58. The Balaban J connectivity index is 2.41. The summed E-state index contributed by atoms with van der Waals surface area (Å²) in [6, 6.07) is 0. The van der Waals surface area contributed by atoms with Crippen LogP contribution < -0.4 is 10.0 Å². The Kier molecular flexibility index (Phi) is 10.8. The zero-order chi connectivity index (χ0) is 18.5. The van der Waals surface area contributed by atoms with Gasteiger partial charge < -0.3 is 15.0 Å². The van der Waals surface area contributed by atoms with E-state index in [9.17, 15) is 8.42 Å². The van der Waals surface area contributed by atoms with Crippen LogP contribution in [0.3, 0.4) is 0 Å². The SMILES string of the molecule is C=CCCCN(C)C(=NCCS(=O)(=O)NCC1CCCCO1)NCC. The molecule has 0 radical (unpaired) electrons. The molecule has 1 saturated heterocycles. The number of nitrogens with zero attached hydrogens (tertiary/aromatic N) is 2. The predicted octanol–water partition coefficient (Wildman–Crippen LogP) is 1.34. The van der Waals surface area contributed by atoms with Crippen LogP contribution >= 0.6 is 0 Å². The molecular weight excluding hydrogens is 340 g/mol. The van der Waals surface area contributed by atoms with Gasteiger partial charge in [0, 0.05) is 33.3 Å². The third kappa shape index (κ3) is 9.81. The second-order valence-electron chi connectivity index (χ2n) is 6.24. The van der Waals surface area contributed by atoms with E-state index in [1.165, 1.54) is 0 Å². The number of ether oxygens (including phenoxy) is 1. The Labute approximate surface area is 153 Å². The van der Waals surface area contributed by atoms with E-state index in [1.807, 2.05) is 24.9 Å². The van der Waals surface area contributed by atoms with Gasteiger partial charge in [-0.3, -0.25) is 4.99 Å². The topological polar surface area (TPSA) is 83.0 Å². The summed E-state index contributed by atoms with van der Waals surface area (Å²) >= 11 is 0. The minimum Gasteiger partial charge on any atom is -0.377 e. The van der Waals surface area contributed by atoms with Crippen molar-refractivity contribution in [1.29, 1.82) is 0 Å². The molecule has 2 N–H and O–H groups in total. The van der Waals surface area contributed by atoms with E-state index in [-0.39, 0.29) is 18.4 Å². The van der Waals surface area contributed by atoms with E-state index in [1.54, 1.807) is 0 Å². The first-order chi connectivity index (χ1) is 12.0. The number of sulfonamides is 1. The molecule has 25 heavy (non-hydrogen) atoms. The van der Waals surface area contributed by atoms with Crippen LogP contribution in [0, 0.1) is 0 Å². The Bertz CT molecular complexity index is 502. The van der Waals surface area contributed by atoms with E-state index in [0.717, 1.165) is 57.8 Å². The third-order valence-corrected chi connectivity index (χ3v) is 5.35. The average Bonchev–Trinajstić information content (AvgIpc) is 2.60. The molecule has 1 heterocycles. The summed E-state index contributed by atoms with van der Waals surface area (Å²) in [5.41, 5.74) is 0. The van der Waals surface area contributed by atoms with Crippen molar-refractivity contribution in [3.8, 4) is 0 Å². The van der Waals surface area contributed by atoms with Gasteiger partial charge in [-0.05, 0) is 39.0 Å². The molecule has 1 atom stereocenters. The lowest BCUT2D eigenvalue weighted by molar-refractivity contribution is 0.0200. The summed E-state index contributed by atoms with van der Waals surface area (Å²) in [6.45, 7) is 8.62. The number of rotatable bonds is 11. The summed E-state index contributed by atoms with van der Waals surface area (Å²) in [5, 5.41) is 3.19. The molecule has 7 nitrogen and oxygen atoms in total. The van der Waals surface area contributed by atoms with Crippen molar-refractivity contribution in [2.24, 2.45) is 4.99 Å². The van der Waals surface area contributed by atoms with Crippen molar-refractivity contribution < 1.29 is 13.2 Å². The van der Waals surface area contributed by atoms with Gasteiger partial charge in [-0.2, -0.15) is 0 Å². The van der Waals surface area contributed by atoms with E-state index < -0.39 is 10.0 Å². The monoisotopic (exact) mass is 374 g/mol. The molecule has 0 aromatic carbocycles. The zero-order valence-corrected chi connectivity index (χ0v) is 16.5. The highest BCUT2D eigenvalue weighted by atomic mass is 32.2. The van der Waals surface area contributed by atoms with Crippen molar-refractivity contribution in [3.05, 3.63) is 12.7 Å². The molecule has 0 saturated carbocycles. The minimum absolute atomic E-state index is 0.000314. The van der Waals surface area contributed by atoms with Crippen LogP contribution in [0.5, 0.6) is 0 Å². The maximum atomic E-state index is 12.1. The van der Waals surface area contributed by atoms with Crippen LogP contribution in [0.2, 0.25) is 0 Å². The molecule has 1 rings (SSSR count). The number of allylic oxidation sites excluding steroid dienone is 1. The van der Waals surface area contributed by atoms with Crippen molar-refractivity contribution in [2.75, 3.05) is 45.6 Å². The Morgan fingerprint density at radius 3 is 2.88 bits per heavy atom. The number of hydrogen-bond acceptors (Lipinski definition) is 4. The molecule has 1 aliphatic rings. The second-order valence-corrected chi connectivity index (χ2v) is 8.17. The number of hydrogen-bond donors (Lipinski definition) is 2. The maximum absolute atomic E-state index is 12.1. The Morgan fingerprint density at radius 1 is 1.44 bits per heavy atom. The van der Waals surface area contributed by atoms with E-state index in [0.29, 0.717) is 6.54 Å². The maximum Gasteiger partial charge on any atom is 0.213 e. The van der Waals surface area contributed by atoms with Crippen LogP contribution in [0.15, 0.2) is 17.6 Å². The molecule has 0 amide bonds. The lowest BCUT2D eigenvalue weighted by Crippen LogP contribution is -2.40. The highest BCUT2D eigenvalue weighted by Gasteiger charge is 2.17. The Morgan fingerprint density at radius 2 is 2.24 bits per heavy atom. The number of unbranched alkanes of at least 4 members (excludes halogenated alkanes) is 1. The van der Waals surface area contributed by atoms with Crippen molar-refractivity contribution >= 4 is 16.0 Å². The highest BCUT2D eigenvalue weighted by molar-refractivity contribution is 7.89. The Hall–Kier alpha value is -1.12. The van der Waals surface area contributed by atoms with Crippen LogP contribution in [-0.4, -0.2) is 71.0 Å². The molecule has 1 fully saturated rings. The summed E-state index contributed by atoms with van der Waals surface area (Å²) < 4.78 is 32.4. The van der Waals surface area contributed by atoms with Crippen LogP contribution in [0.4, 0.5) is 0 Å². The van der Waals surface area contributed by atoms with Gasteiger partial charge in [0.25, 0.3) is 0 Å². The van der Waals surface area contributed by atoms with E-state index in [2.05, 4.69) is 21.6 Å². The fraction of sp³-hybridized carbons (Fsp3) is 0.824. The lowest BCUT2D eigenvalue weighted by atomic mass is 10.1. The van der Waals surface area contributed by atoms with Crippen molar-refractivity contribution in [3.63, 3.8) is 0 Å². The first-order valence-corrected chi connectivity index (χ1v) is 10.8. The fourth-order valence-corrected chi connectivity index (χ4v) is 3.50. The molecule has 0 aromatic heterocycles. The number of nitrogens with one attached hydrogen (secondary N) is 2. The van der Waals surface area contributed by atoms with Crippen LogP contribution in [0.25, 0.3) is 0 Å². The quantitative estimate of drug-likeness (QED) is 0.247. The van der Waals surface area contributed by atoms with Crippen molar-refractivity contribution in [2.45, 2.75) is 45.1 Å². The van der Waals surface area contributed by atoms with Gasteiger partial charge in [0.05, 0.1) is 18.4 Å². The van der Waals surface area contributed by atoms with Gasteiger partial charge in [0.15, 0.2) is 5.96 Å². The smallest absolute Gasteiger partial charge is 0.213 e. The van der Waals surface area contributed by atoms with Gasteiger partial charge in [-0.1, -0.05) is 6.08 Å². The number of aliphatic imine (C=N–C) groups is 1. The largest absolute Gasteiger partial charge is 0.377 e. The highest BCUT2D eigenvalue weighted by Crippen LogP contribution is 2.11. The van der Waals surface area contributed by atoms with E-state index in [4.69, 9.17) is 4.74 Å². The normalized spacial score (nSPS) is 18.8. The summed E-state index contributed by atoms with van der Waals surface area (Å²) in [7, 11) is -1.38. The summed E-state index contributed by atoms with van der Waals surface area (Å²) in [6.07, 6.45) is 6.91. The van der Waals surface area contributed by atoms with Crippen molar-refractivity contribution in [1.82, 2.24) is 14.9 Å². The molecule has 1 aliphatic heterocycles. The van der Waals surface area contributed by atoms with Crippen LogP contribution in [0.1, 0.15) is 39.0 Å². The van der Waals surface area contributed by atoms with Crippen LogP contribution in [-0.2, 0) is 14.8 Å². The summed E-state index contributed by atoms with van der Waals surface area (Å²) in [5.74, 6) is 0.715. The van der Waals surface area contributed by atoms with Gasteiger partial charge in [0.2, 0.25) is 10.0 Å². The first-order valence-electron chi connectivity index (χ1n) is 9.17. The second kappa shape index (κ2) is 12.3. The van der Waals surface area contributed by atoms with E-state index >= 15 is 0 Å². The molecule has 8 heteroatoms. The standard InChI is InChI=1S/C17H34N4O3S/c1-4-6-8-12-21(3)17(18-5-2)19-11-14-25(22,23)20-15-16-10-7-9-13-24-16/h4,16,20H,1,5-15H2,2-3H3,(H,18,19). The average molecular weight is 375 g/mol. The summed E-state index contributed by atoms with van der Waals surface area (Å²) in [4.78, 5) is 6.44. The number of guanidine groups is 1. The minimum atomic E-state index is -3.33. The molecule has 0 aliphatic carbocycles. The molecule has 146 valence electrons. The molecule has 1 unspecified atom stereocenters. The third-order valence-electron chi connectivity index (χ3n) is 4.02. The molecule has 0 spiro atoms. The lowest BCUT2D eigenvalue weighted by Gasteiger charge is -2.23. The van der Waals surface area contributed by atoms with Gasteiger partial charge >= 0.3 is 0 Å². The van der Waals surface area contributed by atoms with Gasteiger partial charge in [0.1, 0.15) is 0 Å².